The van der Waals surface area contributed by atoms with Crippen LogP contribution in [0.15, 0.2) is 43.0 Å². The molecule has 9 heteroatoms. The van der Waals surface area contributed by atoms with Gasteiger partial charge in [-0.1, -0.05) is 0 Å². The highest BCUT2D eigenvalue weighted by Crippen LogP contribution is 2.27. The molecule has 4 rings (SSSR count). The summed E-state index contributed by atoms with van der Waals surface area (Å²) in [5, 5.41) is 12.9. The van der Waals surface area contributed by atoms with Gasteiger partial charge in [-0.2, -0.15) is 10.2 Å². The Kier molecular flexibility index (Phi) is 4.51. The number of aromatic nitrogens is 7. The van der Waals surface area contributed by atoms with Crippen LogP contribution in [0.2, 0.25) is 0 Å². The Bertz CT molecular complexity index is 1060. The van der Waals surface area contributed by atoms with Crippen LogP contribution in [0.1, 0.15) is 11.7 Å². The number of ether oxygens (including phenoxy) is 1. The van der Waals surface area contributed by atoms with Crippen LogP contribution in [0.25, 0.3) is 22.4 Å². The summed E-state index contributed by atoms with van der Waals surface area (Å²) < 4.78 is 8.96. The van der Waals surface area contributed by atoms with E-state index in [1.54, 1.807) is 36.6 Å². The van der Waals surface area contributed by atoms with Gasteiger partial charge in [0.2, 0.25) is 0 Å². The maximum Gasteiger partial charge on any atom is 0.165 e. The molecule has 0 amide bonds. The first-order valence-electron chi connectivity index (χ1n) is 8.51. The quantitative estimate of drug-likeness (QED) is 0.559. The second-order valence-electron chi connectivity index (χ2n) is 6.17. The molecule has 0 aliphatic carbocycles. The van der Waals surface area contributed by atoms with Crippen molar-refractivity contribution < 1.29 is 4.74 Å². The summed E-state index contributed by atoms with van der Waals surface area (Å²) in [7, 11) is 5.44. The van der Waals surface area contributed by atoms with Gasteiger partial charge in [0.25, 0.3) is 0 Å². The van der Waals surface area contributed by atoms with Gasteiger partial charge >= 0.3 is 0 Å². The van der Waals surface area contributed by atoms with E-state index in [0.717, 1.165) is 22.3 Å². The van der Waals surface area contributed by atoms with Crippen LogP contribution in [-0.4, -0.2) is 48.2 Å². The fourth-order valence-corrected chi connectivity index (χ4v) is 3.01. The van der Waals surface area contributed by atoms with Crippen molar-refractivity contribution >= 4 is 16.9 Å². The number of fused-ring (bicyclic) bond motifs is 1. The minimum atomic E-state index is -0.123. The van der Waals surface area contributed by atoms with Gasteiger partial charge in [-0.25, -0.2) is 9.97 Å². The molecule has 27 heavy (non-hydrogen) atoms. The van der Waals surface area contributed by atoms with Crippen molar-refractivity contribution in [1.82, 2.24) is 34.5 Å². The third-order valence-electron chi connectivity index (χ3n) is 4.37. The van der Waals surface area contributed by atoms with Crippen molar-refractivity contribution in [2.24, 2.45) is 14.1 Å². The molecule has 138 valence electrons. The number of nitrogens with zero attached hydrogens (tertiary/aromatic N) is 7. The number of pyridine rings is 1. The number of rotatable bonds is 6. The maximum absolute atomic E-state index is 5.41. The zero-order chi connectivity index (χ0) is 18.8. The van der Waals surface area contributed by atoms with Gasteiger partial charge in [0.05, 0.1) is 29.9 Å². The SMILES string of the molecule is COC[C@@H](Nc1nc(-c2cccnc2)nc2c1cnn2C)c1ccnn1C. The lowest BCUT2D eigenvalue weighted by Gasteiger charge is -2.19. The highest BCUT2D eigenvalue weighted by Gasteiger charge is 2.19. The van der Waals surface area contributed by atoms with Gasteiger partial charge in [-0.05, 0) is 18.2 Å². The van der Waals surface area contributed by atoms with Crippen molar-refractivity contribution in [3.8, 4) is 11.4 Å². The third-order valence-corrected chi connectivity index (χ3v) is 4.37. The monoisotopic (exact) mass is 364 g/mol. The molecule has 0 unspecified atom stereocenters. The minimum Gasteiger partial charge on any atom is -0.382 e. The van der Waals surface area contributed by atoms with E-state index in [0.29, 0.717) is 18.2 Å². The molecular weight excluding hydrogens is 344 g/mol. The normalized spacial score (nSPS) is 12.4. The molecule has 1 N–H and O–H groups in total. The zero-order valence-electron chi connectivity index (χ0n) is 15.4. The van der Waals surface area contributed by atoms with Crippen LogP contribution < -0.4 is 5.32 Å². The van der Waals surface area contributed by atoms with Crippen LogP contribution >= 0.6 is 0 Å². The summed E-state index contributed by atoms with van der Waals surface area (Å²) in [4.78, 5) is 13.6. The summed E-state index contributed by atoms with van der Waals surface area (Å²) in [5.74, 6) is 1.28. The fraction of sp³-hybridized carbons (Fsp3) is 0.278. The van der Waals surface area contributed by atoms with Crippen molar-refractivity contribution in [1.29, 1.82) is 0 Å². The molecule has 0 radical (unpaired) electrons. The van der Waals surface area contributed by atoms with E-state index in [-0.39, 0.29) is 6.04 Å². The predicted molar refractivity (Wildman–Crippen MR) is 101 cm³/mol. The Balaban J connectivity index is 1.81. The molecule has 9 nitrogen and oxygen atoms in total. The molecule has 4 aromatic heterocycles. The van der Waals surface area contributed by atoms with Crippen molar-refractivity contribution in [2.75, 3.05) is 19.0 Å². The fourth-order valence-electron chi connectivity index (χ4n) is 3.01. The summed E-state index contributed by atoms with van der Waals surface area (Å²) in [6.45, 7) is 0.466. The number of methoxy groups -OCH3 is 1. The van der Waals surface area contributed by atoms with Crippen LogP contribution in [0.5, 0.6) is 0 Å². The molecule has 0 aliphatic heterocycles. The Labute approximate surface area is 156 Å². The summed E-state index contributed by atoms with van der Waals surface area (Å²) in [5.41, 5.74) is 2.58. The van der Waals surface area contributed by atoms with Gasteiger partial charge in [0.15, 0.2) is 11.5 Å². The maximum atomic E-state index is 5.41. The molecule has 4 heterocycles. The van der Waals surface area contributed by atoms with Gasteiger partial charge in [0.1, 0.15) is 5.82 Å². The van der Waals surface area contributed by atoms with Gasteiger partial charge in [-0.15, -0.1) is 0 Å². The standard InChI is InChI=1S/C18H20N8O/c1-25-15(6-8-20-25)14(11-27-3)22-17-13-10-21-26(2)18(13)24-16(23-17)12-5-4-7-19-9-12/h4-10,14H,11H2,1-3H3,(H,22,23,24)/t14-/m1/s1. The molecule has 0 aromatic carbocycles. The van der Waals surface area contributed by atoms with E-state index in [4.69, 9.17) is 9.72 Å². The van der Waals surface area contributed by atoms with E-state index >= 15 is 0 Å². The molecule has 0 saturated heterocycles. The minimum absolute atomic E-state index is 0.123. The van der Waals surface area contributed by atoms with Crippen molar-refractivity contribution in [3.05, 3.63) is 48.7 Å². The Morgan fingerprint density at radius 1 is 1.07 bits per heavy atom. The Hall–Kier alpha value is -3.33. The van der Waals surface area contributed by atoms with Crippen LogP contribution in [0.4, 0.5) is 5.82 Å². The summed E-state index contributed by atoms with van der Waals surface area (Å²) in [6, 6.07) is 5.63. The largest absolute Gasteiger partial charge is 0.382 e. The molecular formula is C18H20N8O. The number of nitrogens with one attached hydrogen (secondary N) is 1. The molecule has 4 aromatic rings. The van der Waals surface area contributed by atoms with E-state index in [9.17, 15) is 0 Å². The highest BCUT2D eigenvalue weighted by atomic mass is 16.5. The Morgan fingerprint density at radius 2 is 1.96 bits per heavy atom. The summed E-state index contributed by atoms with van der Waals surface area (Å²) >= 11 is 0. The van der Waals surface area contributed by atoms with E-state index < -0.39 is 0 Å². The van der Waals surface area contributed by atoms with Gasteiger partial charge < -0.3 is 10.1 Å². The van der Waals surface area contributed by atoms with Gasteiger partial charge in [0, 0.05) is 45.4 Å². The predicted octanol–water partition coefficient (Wildman–Crippen LogP) is 1.96. The number of hydrogen-bond acceptors (Lipinski definition) is 7. The highest BCUT2D eigenvalue weighted by molar-refractivity contribution is 5.88. The van der Waals surface area contributed by atoms with Crippen LogP contribution in [0, 0.1) is 0 Å². The molecule has 0 spiro atoms. The van der Waals surface area contributed by atoms with Crippen molar-refractivity contribution in [2.45, 2.75) is 6.04 Å². The molecule has 0 saturated carbocycles. The molecule has 1 atom stereocenters. The van der Waals surface area contributed by atoms with E-state index in [2.05, 4.69) is 25.5 Å². The molecule has 0 fully saturated rings. The molecule has 0 aliphatic rings. The first-order valence-corrected chi connectivity index (χ1v) is 8.51. The topological polar surface area (TPSA) is 95.6 Å². The second-order valence-corrected chi connectivity index (χ2v) is 6.17. The van der Waals surface area contributed by atoms with Gasteiger partial charge in [-0.3, -0.25) is 14.3 Å². The lowest BCUT2D eigenvalue weighted by molar-refractivity contribution is 0.184. The van der Waals surface area contributed by atoms with Crippen molar-refractivity contribution in [3.63, 3.8) is 0 Å². The first-order chi connectivity index (χ1) is 13.2. The zero-order valence-corrected chi connectivity index (χ0v) is 15.4. The number of hydrogen-bond donors (Lipinski definition) is 1. The smallest absolute Gasteiger partial charge is 0.165 e. The summed E-state index contributed by atoms with van der Waals surface area (Å²) in [6.07, 6.45) is 7.00. The molecule has 0 bridgehead atoms. The lowest BCUT2D eigenvalue weighted by atomic mass is 10.2. The third kappa shape index (κ3) is 3.24. The first kappa shape index (κ1) is 17.1. The van der Waals surface area contributed by atoms with Crippen LogP contribution in [0.3, 0.4) is 0 Å². The number of aryl methyl sites for hydroxylation is 2. The van der Waals surface area contributed by atoms with E-state index in [1.165, 1.54) is 0 Å². The Morgan fingerprint density at radius 3 is 2.67 bits per heavy atom. The average molecular weight is 364 g/mol. The van der Waals surface area contributed by atoms with E-state index in [1.807, 2.05) is 37.0 Å². The van der Waals surface area contributed by atoms with Crippen LogP contribution in [-0.2, 0) is 18.8 Å². The lowest BCUT2D eigenvalue weighted by Crippen LogP contribution is -2.20. The second kappa shape index (κ2) is 7.12. The number of anilines is 1. The average Bonchev–Trinajstić information content (AvgIpc) is 3.28.